The molecular formula is C28H37N5. The quantitative estimate of drug-likeness (QED) is 0.725. The molecule has 1 unspecified atom stereocenters. The Bertz CT molecular complexity index is 1070. The van der Waals surface area contributed by atoms with Crippen molar-refractivity contribution in [2.75, 3.05) is 36.1 Å². The van der Waals surface area contributed by atoms with E-state index in [0.29, 0.717) is 6.04 Å². The Hall–Kier alpha value is -2.95. The number of hydrogen-bond donors (Lipinski definition) is 1. The van der Waals surface area contributed by atoms with Crippen LogP contribution in [0, 0.1) is 34.6 Å². The van der Waals surface area contributed by atoms with Crippen LogP contribution in [0.25, 0.3) is 0 Å². The number of nitrogens with zero attached hydrogens (tertiary/aromatic N) is 4. The fraction of sp³-hybridized carbons (Fsp3) is 0.464. The predicted octanol–water partition coefficient (Wildman–Crippen LogP) is 4.95. The van der Waals surface area contributed by atoms with Crippen LogP contribution in [0.4, 0.5) is 11.4 Å². The number of guanidine groups is 1. The van der Waals surface area contributed by atoms with E-state index in [9.17, 15) is 0 Å². The highest BCUT2D eigenvalue weighted by atomic mass is 15.3. The van der Waals surface area contributed by atoms with Crippen LogP contribution in [0.1, 0.15) is 46.2 Å². The van der Waals surface area contributed by atoms with Gasteiger partial charge in [-0.2, -0.15) is 0 Å². The molecule has 0 amide bonds. The van der Waals surface area contributed by atoms with Gasteiger partial charge in [-0.05, 0) is 81.7 Å². The number of aliphatic imine (C=N–C) groups is 1. The molecule has 1 N–H and O–H groups in total. The van der Waals surface area contributed by atoms with Crippen LogP contribution in [0.2, 0.25) is 0 Å². The first-order chi connectivity index (χ1) is 15.9. The van der Waals surface area contributed by atoms with E-state index in [-0.39, 0.29) is 0 Å². The number of rotatable bonds is 4. The van der Waals surface area contributed by atoms with E-state index in [0.717, 1.165) is 45.1 Å². The molecule has 0 saturated carbocycles. The Morgan fingerprint density at radius 1 is 0.848 bits per heavy atom. The average Bonchev–Trinajstić information content (AvgIpc) is 3.21. The van der Waals surface area contributed by atoms with Crippen molar-refractivity contribution in [3.8, 4) is 0 Å². The number of benzene rings is 2. The summed E-state index contributed by atoms with van der Waals surface area (Å²) in [6.45, 7) is 15.3. The molecule has 5 heteroatoms. The summed E-state index contributed by atoms with van der Waals surface area (Å²) in [5.74, 6) is 1.12. The van der Waals surface area contributed by atoms with Gasteiger partial charge in [-0.25, -0.2) is 4.99 Å². The minimum Gasteiger partial charge on any atom is -0.356 e. The molecule has 0 aromatic heterocycles. The lowest BCUT2D eigenvalue weighted by atomic mass is 9.97. The second-order valence-corrected chi connectivity index (χ2v) is 10.1. The van der Waals surface area contributed by atoms with Gasteiger partial charge in [-0.15, -0.1) is 0 Å². The molecule has 2 aromatic carbocycles. The van der Waals surface area contributed by atoms with Gasteiger partial charge >= 0.3 is 0 Å². The third-order valence-electron chi connectivity index (χ3n) is 7.19. The highest BCUT2D eigenvalue weighted by Crippen LogP contribution is 2.34. The topological polar surface area (TPSA) is 34.1 Å². The Labute approximate surface area is 198 Å². The summed E-state index contributed by atoms with van der Waals surface area (Å²) in [4.78, 5) is 12.2. The first-order valence-electron chi connectivity index (χ1n) is 12.4. The molecule has 33 heavy (non-hydrogen) atoms. The maximum Gasteiger partial charge on any atom is 0.194 e. The van der Waals surface area contributed by atoms with E-state index in [1.807, 2.05) is 0 Å². The van der Waals surface area contributed by atoms with E-state index >= 15 is 0 Å². The zero-order chi connectivity index (χ0) is 23.1. The van der Waals surface area contributed by atoms with Crippen molar-refractivity contribution in [3.63, 3.8) is 0 Å². The molecule has 5 nitrogen and oxygen atoms in total. The lowest BCUT2D eigenvalue weighted by Gasteiger charge is -2.36. The molecule has 3 aliphatic rings. The summed E-state index contributed by atoms with van der Waals surface area (Å²) in [6.07, 6.45) is 7.83. The maximum absolute atomic E-state index is 5.03. The van der Waals surface area contributed by atoms with Gasteiger partial charge in [-0.3, -0.25) is 0 Å². The summed E-state index contributed by atoms with van der Waals surface area (Å²) >= 11 is 0. The van der Waals surface area contributed by atoms with Crippen LogP contribution in [0.3, 0.4) is 0 Å². The zero-order valence-corrected chi connectivity index (χ0v) is 20.8. The largest absolute Gasteiger partial charge is 0.356 e. The van der Waals surface area contributed by atoms with Gasteiger partial charge in [0.2, 0.25) is 0 Å². The number of fused-ring (bicyclic) bond motifs is 1. The first kappa shape index (κ1) is 21.9. The van der Waals surface area contributed by atoms with Gasteiger partial charge in [-0.1, -0.05) is 29.8 Å². The van der Waals surface area contributed by atoms with Crippen molar-refractivity contribution < 1.29 is 0 Å². The molecule has 2 aromatic rings. The lowest BCUT2D eigenvalue weighted by molar-refractivity contribution is 0.322. The molecule has 1 saturated heterocycles. The number of aryl methyl sites for hydroxylation is 5. The van der Waals surface area contributed by atoms with Crippen molar-refractivity contribution in [3.05, 3.63) is 70.0 Å². The fourth-order valence-electron chi connectivity index (χ4n) is 5.95. The minimum atomic E-state index is 0.376. The van der Waals surface area contributed by atoms with Crippen molar-refractivity contribution >= 4 is 17.3 Å². The normalized spacial score (nSPS) is 20.1. The molecule has 5 rings (SSSR count). The second-order valence-electron chi connectivity index (χ2n) is 10.1. The van der Waals surface area contributed by atoms with Crippen LogP contribution in [-0.4, -0.2) is 43.2 Å². The van der Waals surface area contributed by atoms with Crippen molar-refractivity contribution in [2.24, 2.45) is 4.99 Å². The fourth-order valence-corrected chi connectivity index (χ4v) is 5.95. The standard InChI is InChI=1S/C28H37N5/c1-19-13-20(2)26(21(3)14-19)32-11-12-33(18-32)27-22(4)15-24(16-23(27)5)17-25-7-10-31-9-6-8-29-28(31)30-25/h11-16,25H,6-10,17-18H2,1-5H3,(H,29,30). The van der Waals surface area contributed by atoms with E-state index in [2.05, 4.69) is 91.3 Å². The summed E-state index contributed by atoms with van der Waals surface area (Å²) in [5.41, 5.74) is 10.7. The SMILES string of the molecule is Cc1cc(C)c(N2C=CN(c3c(C)cc(CC4CCN5CCCNC5=N4)cc3C)C2)c(C)c1. The van der Waals surface area contributed by atoms with Crippen LogP contribution < -0.4 is 15.1 Å². The van der Waals surface area contributed by atoms with Gasteiger partial charge < -0.3 is 20.0 Å². The molecule has 1 fully saturated rings. The molecule has 3 heterocycles. The van der Waals surface area contributed by atoms with Crippen molar-refractivity contribution in [1.82, 2.24) is 10.2 Å². The first-order valence-corrected chi connectivity index (χ1v) is 12.4. The Kier molecular flexibility index (Phi) is 5.81. The number of anilines is 2. The number of hydrogen-bond acceptors (Lipinski definition) is 5. The van der Waals surface area contributed by atoms with Gasteiger partial charge in [0.05, 0.1) is 12.7 Å². The van der Waals surface area contributed by atoms with Gasteiger partial charge in [0.1, 0.15) is 0 Å². The van der Waals surface area contributed by atoms with E-state index < -0.39 is 0 Å². The Balaban J connectivity index is 1.32. The highest BCUT2D eigenvalue weighted by Gasteiger charge is 2.25. The van der Waals surface area contributed by atoms with Crippen LogP contribution in [-0.2, 0) is 6.42 Å². The van der Waals surface area contributed by atoms with Gasteiger partial charge in [0.15, 0.2) is 5.96 Å². The Morgan fingerprint density at radius 3 is 2.09 bits per heavy atom. The monoisotopic (exact) mass is 443 g/mol. The third-order valence-corrected chi connectivity index (χ3v) is 7.19. The molecule has 0 bridgehead atoms. The third kappa shape index (κ3) is 4.33. The van der Waals surface area contributed by atoms with E-state index in [4.69, 9.17) is 4.99 Å². The maximum atomic E-state index is 5.03. The summed E-state index contributed by atoms with van der Waals surface area (Å²) in [6, 6.07) is 9.69. The minimum absolute atomic E-state index is 0.376. The predicted molar refractivity (Wildman–Crippen MR) is 139 cm³/mol. The van der Waals surface area contributed by atoms with Crippen molar-refractivity contribution in [2.45, 2.75) is 59.9 Å². The van der Waals surface area contributed by atoms with Gasteiger partial charge in [0, 0.05) is 43.4 Å². The van der Waals surface area contributed by atoms with Crippen LogP contribution in [0.5, 0.6) is 0 Å². The molecule has 174 valence electrons. The van der Waals surface area contributed by atoms with Gasteiger partial charge in [0.25, 0.3) is 0 Å². The summed E-state index contributed by atoms with van der Waals surface area (Å²) in [7, 11) is 0. The molecule has 0 aliphatic carbocycles. The highest BCUT2D eigenvalue weighted by molar-refractivity contribution is 5.81. The van der Waals surface area contributed by atoms with E-state index in [1.54, 1.807) is 0 Å². The van der Waals surface area contributed by atoms with E-state index in [1.165, 1.54) is 51.2 Å². The average molecular weight is 444 g/mol. The molecule has 3 aliphatic heterocycles. The summed E-state index contributed by atoms with van der Waals surface area (Å²) < 4.78 is 0. The summed E-state index contributed by atoms with van der Waals surface area (Å²) in [5, 5.41) is 3.49. The van der Waals surface area contributed by atoms with Crippen LogP contribution >= 0.6 is 0 Å². The molecule has 1 atom stereocenters. The molecular weight excluding hydrogens is 406 g/mol. The van der Waals surface area contributed by atoms with Crippen LogP contribution in [0.15, 0.2) is 41.7 Å². The molecule has 0 spiro atoms. The number of nitrogens with one attached hydrogen (secondary N) is 1. The van der Waals surface area contributed by atoms with Crippen molar-refractivity contribution in [1.29, 1.82) is 0 Å². The second kappa shape index (κ2) is 8.77. The Morgan fingerprint density at radius 2 is 1.45 bits per heavy atom. The lowest BCUT2D eigenvalue weighted by Crippen LogP contribution is -2.51. The molecule has 0 radical (unpaired) electrons. The smallest absolute Gasteiger partial charge is 0.194 e. The zero-order valence-electron chi connectivity index (χ0n) is 20.8.